The molecule has 1 rings (SSSR count). The topological polar surface area (TPSA) is 157 Å². The van der Waals surface area contributed by atoms with Gasteiger partial charge in [0.2, 0.25) is 5.91 Å². The van der Waals surface area contributed by atoms with Crippen LogP contribution in [-0.4, -0.2) is 41.9 Å². The molecule has 1 aromatic rings. The van der Waals surface area contributed by atoms with Crippen LogP contribution in [0.15, 0.2) is 30.6 Å². The number of hydrogen-bond donors (Lipinski definition) is 5. The summed E-state index contributed by atoms with van der Waals surface area (Å²) in [6.45, 7) is 6.90. The molecule has 0 fully saturated rings. The van der Waals surface area contributed by atoms with E-state index in [0.29, 0.717) is 6.42 Å². The second kappa shape index (κ2) is 13.1. The van der Waals surface area contributed by atoms with E-state index in [1.807, 2.05) is 32.0 Å². The summed E-state index contributed by atoms with van der Waals surface area (Å²) in [5.41, 5.74) is 0. The molecule has 0 aromatic carbocycles. The standard InChI is InChI=1S/C6H13NO.C5H5N.C4H12O6P2/c1-3-5-7-6(8)4-2;1-2-4-6-5-3-1;1-3-4(2,11(5,6)7)12(8,9)10/h3-5H2,1-2H3,(H,7,8);1-5H;3H2,1-2H3,(H2,5,6,7)(H2,8,9,10). The molecule has 1 amide bonds. The Morgan fingerprint density at radius 2 is 1.46 bits per heavy atom. The van der Waals surface area contributed by atoms with Crippen LogP contribution in [0.25, 0.3) is 0 Å². The molecule has 26 heavy (non-hydrogen) atoms. The minimum atomic E-state index is -4.77. The Labute approximate surface area is 154 Å². The highest BCUT2D eigenvalue weighted by molar-refractivity contribution is 7.72. The Bertz CT molecular complexity index is 538. The van der Waals surface area contributed by atoms with Crippen molar-refractivity contribution in [2.24, 2.45) is 0 Å². The third kappa shape index (κ3) is 10.8. The number of nitrogens with one attached hydrogen (secondary N) is 1. The fourth-order valence-corrected chi connectivity index (χ4v) is 3.47. The van der Waals surface area contributed by atoms with Crippen molar-refractivity contribution in [1.29, 1.82) is 0 Å². The van der Waals surface area contributed by atoms with Crippen molar-refractivity contribution in [2.75, 3.05) is 6.54 Å². The number of carbonyl (C=O) groups excluding carboxylic acids is 1. The third-order valence-corrected chi connectivity index (χ3v) is 8.09. The maximum atomic E-state index is 10.7. The van der Waals surface area contributed by atoms with Gasteiger partial charge in [-0.15, -0.1) is 0 Å². The quantitative estimate of drug-likeness (QED) is 0.446. The molecule has 0 saturated carbocycles. The summed E-state index contributed by atoms with van der Waals surface area (Å²) in [5, 5.41) is 2.74. The third-order valence-electron chi connectivity index (χ3n) is 3.38. The molecule has 0 unspecified atom stereocenters. The lowest BCUT2D eigenvalue weighted by atomic mass is 10.4. The Hall–Kier alpha value is -1.08. The number of amides is 1. The van der Waals surface area contributed by atoms with Gasteiger partial charge in [-0.3, -0.25) is 18.9 Å². The second-order valence-electron chi connectivity index (χ2n) is 5.39. The number of aromatic nitrogens is 1. The van der Waals surface area contributed by atoms with E-state index in [4.69, 9.17) is 19.6 Å². The van der Waals surface area contributed by atoms with Gasteiger partial charge in [-0.25, -0.2) is 0 Å². The minimum absolute atomic E-state index is 0.145. The molecule has 1 heterocycles. The zero-order valence-electron chi connectivity index (χ0n) is 15.6. The smallest absolute Gasteiger partial charge is 0.343 e. The molecule has 0 aliphatic carbocycles. The fourth-order valence-electron chi connectivity index (χ4n) is 1.28. The van der Waals surface area contributed by atoms with Crippen molar-refractivity contribution < 1.29 is 33.5 Å². The number of hydrogen-bond acceptors (Lipinski definition) is 4. The van der Waals surface area contributed by atoms with Gasteiger partial charge < -0.3 is 24.9 Å². The molecule has 1 aromatic heterocycles. The van der Waals surface area contributed by atoms with Gasteiger partial charge in [0.15, 0.2) is 4.90 Å². The van der Waals surface area contributed by atoms with E-state index in [9.17, 15) is 13.9 Å². The fraction of sp³-hybridized carbons (Fsp3) is 0.600. The molecule has 0 spiro atoms. The van der Waals surface area contributed by atoms with E-state index >= 15 is 0 Å². The molecule has 0 bridgehead atoms. The van der Waals surface area contributed by atoms with Crippen LogP contribution in [0, 0.1) is 0 Å². The first-order valence-corrected chi connectivity index (χ1v) is 11.3. The average molecular weight is 412 g/mol. The van der Waals surface area contributed by atoms with E-state index < -0.39 is 20.1 Å². The van der Waals surface area contributed by atoms with Crippen LogP contribution >= 0.6 is 15.2 Å². The van der Waals surface area contributed by atoms with Gasteiger partial charge >= 0.3 is 15.2 Å². The van der Waals surface area contributed by atoms with Gasteiger partial charge in [0, 0.05) is 25.4 Å². The zero-order valence-corrected chi connectivity index (χ0v) is 17.4. The first-order valence-electron chi connectivity index (χ1n) is 8.10. The molecule has 0 saturated heterocycles. The highest BCUT2D eigenvalue weighted by Gasteiger charge is 2.54. The number of nitrogens with zero attached hydrogens (tertiary/aromatic N) is 1. The summed E-state index contributed by atoms with van der Waals surface area (Å²) >= 11 is 0. The van der Waals surface area contributed by atoms with Crippen LogP contribution < -0.4 is 5.32 Å². The Morgan fingerprint density at radius 3 is 1.62 bits per heavy atom. The van der Waals surface area contributed by atoms with Gasteiger partial charge in [0.25, 0.3) is 0 Å². The second-order valence-corrected chi connectivity index (χ2v) is 9.89. The summed E-state index contributed by atoms with van der Waals surface area (Å²) in [5.74, 6) is 0.145. The van der Waals surface area contributed by atoms with Crippen molar-refractivity contribution in [2.45, 2.75) is 51.9 Å². The predicted octanol–water partition coefficient (Wildman–Crippen LogP) is 2.47. The van der Waals surface area contributed by atoms with Crippen LogP contribution in [0.2, 0.25) is 0 Å². The molecule has 5 N–H and O–H groups in total. The van der Waals surface area contributed by atoms with Gasteiger partial charge in [-0.2, -0.15) is 0 Å². The maximum Gasteiger partial charge on any atom is 0.343 e. The van der Waals surface area contributed by atoms with Gasteiger partial charge in [-0.05, 0) is 31.9 Å². The molecular weight excluding hydrogens is 382 g/mol. The van der Waals surface area contributed by atoms with Crippen molar-refractivity contribution in [3.8, 4) is 0 Å². The van der Waals surface area contributed by atoms with Crippen LogP contribution in [0.4, 0.5) is 0 Å². The van der Waals surface area contributed by atoms with Crippen molar-refractivity contribution in [3.63, 3.8) is 0 Å². The molecule has 9 nitrogen and oxygen atoms in total. The minimum Gasteiger partial charge on any atom is -0.356 e. The van der Waals surface area contributed by atoms with Crippen molar-refractivity contribution >= 4 is 21.1 Å². The van der Waals surface area contributed by atoms with Gasteiger partial charge in [0.05, 0.1) is 0 Å². The monoisotopic (exact) mass is 412 g/mol. The Morgan fingerprint density at radius 1 is 1.00 bits per heavy atom. The molecule has 0 aliphatic rings. The predicted molar refractivity (Wildman–Crippen MR) is 101 cm³/mol. The van der Waals surface area contributed by atoms with Gasteiger partial charge in [0.1, 0.15) is 0 Å². The summed E-state index contributed by atoms with van der Waals surface area (Å²) in [7, 11) is -9.54. The normalized spacial score (nSPS) is 11.4. The van der Waals surface area contributed by atoms with E-state index in [2.05, 4.69) is 10.3 Å². The Kier molecular flexibility index (Phi) is 13.7. The molecular formula is C15H30N2O7P2. The van der Waals surface area contributed by atoms with E-state index in [1.165, 1.54) is 6.92 Å². The van der Waals surface area contributed by atoms with Crippen LogP contribution in [0.5, 0.6) is 0 Å². The first kappa shape index (κ1) is 27.1. The number of carbonyl (C=O) groups is 1. The van der Waals surface area contributed by atoms with Crippen LogP contribution in [-0.2, 0) is 13.9 Å². The van der Waals surface area contributed by atoms with Gasteiger partial charge in [-0.1, -0.05) is 26.8 Å². The molecule has 0 radical (unpaired) electrons. The summed E-state index contributed by atoms with van der Waals surface area (Å²) < 4.78 is 21.5. The highest BCUT2D eigenvalue weighted by Crippen LogP contribution is 2.70. The van der Waals surface area contributed by atoms with E-state index in [-0.39, 0.29) is 12.3 Å². The zero-order chi connectivity index (χ0) is 20.9. The SMILES string of the molecule is CCC(C)(P(=O)(O)O)P(=O)(O)O.CCCNC(=O)CC.c1ccncc1. The lowest BCUT2D eigenvalue weighted by Crippen LogP contribution is -2.23. The average Bonchev–Trinajstić information content (AvgIpc) is 2.59. The number of pyridine rings is 1. The number of rotatable bonds is 6. The van der Waals surface area contributed by atoms with Crippen molar-refractivity contribution in [1.82, 2.24) is 10.3 Å². The molecule has 152 valence electrons. The van der Waals surface area contributed by atoms with Crippen molar-refractivity contribution in [3.05, 3.63) is 30.6 Å². The molecule has 0 aliphatic heterocycles. The first-order chi connectivity index (χ1) is 11.9. The summed E-state index contributed by atoms with van der Waals surface area (Å²) in [4.78, 5) is 46.8. The Balaban J connectivity index is 0. The molecule has 11 heteroatoms. The summed E-state index contributed by atoms with van der Waals surface area (Å²) in [6.07, 6.45) is 4.84. The lowest BCUT2D eigenvalue weighted by Gasteiger charge is -2.29. The summed E-state index contributed by atoms with van der Waals surface area (Å²) in [6, 6.07) is 5.72. The van der Waals surface area contributed by atoms with Crippen LogP contribution in [0.1, 0.15) is 47.0 Å². The highest BCUT2D eigenvalue weighted by atomic mass is 31.2. The van der Waals surface area contributed by atoms with E-state index in [1.54, 1.807) is 12.4 Å². The van der Waals surface area contributed by atoms with E-state index in [0.717, 1.165) is 19.9 Å². The lowest BCUT2D eigenvalue weighted by molar-refractivity contribution is -0.120. The van der Waals surface area contributed by atoms with Crippen LogP contribution in [0.3, 0.4) is 0 Å². The largest absolute Gasteiger partial charge is 0.356 e. The molecule has 0 atom stereocenters. The maximum absolute atomic E-state index is 10.7.